The molecule has 0 saturated carbocycles. The Labute approximate surface area is 140 Å². The molecule has 0 atom stereocenters. The molecular weight excluding hydrogens is 325 g/mol. The number of aromatic nitrogens is 3. The molecule has 4 aromatic rings. The van der Waals surface area contributed by atoms with E-state index in [1.54, 1.807) is 6.07 Å². The molecule has 0 aliphatic rings. The molecular formula is C18H12FN3O3. The summed E-state index contributed by atoms with van der Waals surface area (Å²) in [6.45, 7) is 0. The quantitative estimate of drug-likeness (QED) is 0.587. The molecule has 0 spiro atoms. The van der Waals surface area contributed by atoms with Crippen LogP contribution >= 0.6 is 0 Å². The van der Waals surface area contributed by atoms with Gasteiger partial charge in [0.15, 0.2) is 5.82 Å². The van der Waals surface area contributed by atoms with Crippen LogP contribution in [0.3, 0.4) is 0 Å². The second kappa shape index (κ2) is 5.55. The second-order valence-electron chi connectivity index (χ2n) is 5.47. The molecule has 2 N–H and O–H groups in total. The predicted molar refractivity (Wildman–Crippen MR) is 91.3 cm³/mol. The maximum absolute atomic E-state index is 15.1. The number of hydrogen-bond donors (Lipinski definition) is 2. The number of nitrogens with one attached hydrogen (secondary N) is 1. The summed E-state index contributed by atoms with van der Waals surface area (Å²) >= 11 is 0. The molecule has 0 fully saturated rings. The van der Waals surface area contributed by atoms with Gasteiger partial charge in [0.05, 0.1) is 18.0 Å². The molecule has 2 heterocycles. The molecule has 25 heavy (non-hydrogen) atoms. The van der Waals surface area contributed by atoms with Gasteiger partial charge in [0.2, 0.25) is 5.88 Å². The Morgan fingerprint density at radius 2 is 2.00 bits per heavy atom. The number of rotatable bonds is 2. The number of benzene rings is 2. The van der Waals surface area contributed by atoms with Crippen LogP contribution in [0.15, 0.2) is 47.4 Å². The van der Waals surface area contributed by atoms with Crippen LogP contribution < -0.4 is 10.4 Å². The van der Waals surface area contributed by atoms with E-state index in [1.165, 1.54) is 13.3 Å². The number of H-pyrrole nitrogens is 1. The zero-order valence-corrected chi connectivity index (χ0v) is 13.1. The summed E-state index contributed by atoms with van der Waals surface area (Å²) in [6.07, 6.45) is 1.28. The molecule has 4 rings (SSSR count). The lowest BCUT2D eigenvalue weighted by atomic mass is 10.0. The molecule has 0 aliphatic heterocycles. The Balaban J connectivity index is 2.10. The monoisotopic (exact) mass is 337 g/mol. The van der Waals surface area contributed by atoms with Crippen molar-refractivity contribution in [2.75, 3.05) is 7.11 Å². The van der Waals surface area contributed by atoms with Crippen molar-refractivity contribution in [3.63, 3.8) is 0 Å². The van der Waals surface area contributed by atoms with Crippen LogP contribution in [-0.2, 0) is 0 Å². The Bertz CT molecular complexity index is 1190. The molecule has 7 heteroatoms. The van der Waals surface area contributed by atoms with E-state index in [4.69, 9.17) is 4.74 Å². The minimum atomic E-state index is -0.837. The van der Waals surface area contributed by atoms with E-state index in [0.29, 0.717) is 11.3 Å². The molecule has 0 saturated heterocycles. The zero-order chi connectivity index (χ0) is 17.6. The van der Waals surface area contributed by atoms with Crippen LogP contribution in [-0.4, -0.2) is 27.2 Å². The number of aromatic amines is 1. The molecule has 124 valence electrons. The van der Waals surface area contributed by atoms with Gasteiger partial charge in [-0.15, -0.1) is 0 Å². The highest BCUT2D eigenvalue weighted by molar-refractivity contribution is 5.99. The van der Waals surface area contributed by atoms with Gasteiger partial charge in [-0.1, -0.05) is 24.3 Å². The van der Waals surface area contributed by atoms with Gasteiger partial charge in [-0.25, -0.2) is 9.18 Å². The van der Waals surface area contributed by atoms with Crippen LogP contribution in [0, 0.1) is 5.82 Å². The molecule has 6 nitrogen and oxygen atoms in total. The highest BCUT2D eigenvalue weighted by atomic mass is 19.1. The summed E-state index contributed by atoms with van der Waals surface area (Å²) in [5, 5.41) is 11.4. The van der Waals surface area contributed by atoms with E-state index in [1.807, 2.05) is 30.3 Å². The van der Waals surface area contributed by atoms with E-state index in [-0.39, 0.29) is 16.6 Å². The van der Waals surface area contributed by atoms with Crippen molar-refractivity contribution in [2.45, 2.75) is 0 Å². The van der Waals surface area contributed by atoms with Crippen LogP contribution in [0.5, 0.6) is 11.6 Å². The van der Waals surface area contributed by atoms with E-state index in [0.717, 1.165) is 10.8 Å². The van der Waals surface area contributed by atoms with Crippen molar-refractivity contribution < 1.29 is 14.2 Å². The molecule has 0 aliphatic carbocycles. The normalized spacial score (nSPS) is 11.1. The number of ether oxygens (including phenoxy) is 1. The predicted octanol–water partition coefficient (Wildman–Crippen LogP) is 2.99. The fraction of sp³-hybridized carbons (Fsp3) is 0.0556. The number of aromatic hydroxyl groups is 1. The molecule has 0 radical (unpaired) electrons. The molecule has 2 aromatic carbocycles. The minimum absolute atomic E-state index is 0.0352. The minimum Gasteiger partial charge on any atom is -0.497 e. The van der Waals surface area contributed by atoms with E-state index < -0.39 is 17.4 Å². The number of fused-ring (bicyclic) bond motifs is 2. The van der Waals surface area contributed by atoms with Gasteiger partial charge < -0.3 is 14.8 Å². The standard InChI is InChI=1S/C18H12FN3O3/c1-25-10-6-9-4-2-3-5-11(9)12(7-10)15-14(19)16-13(8-20-15)17(23)22-18(24)21-16/h2-8H,1H3,(H2,21,22,23,24). The average Bonchev–Trinajstić information content (AvgIpc) is 2.62. The smallest absolute Gasteiger partial charge is 0.348 e. The molecule has 0 bridgehead atoms. The third-order valence-electron chi connectivity index (χ3n) is 4.03. The van der Waals surface area contributed by atoms with Crippen LogP contribution in [0.25, 0.3) is 32.9 Å². The Hall–Kier alpha value is -3.48. The first-order valence-electron chi connectivity index (χ1n) is 7.43. The number of halogens is 1. The Kier molecular flexibility index (Phi) is 3.35. The Morgan fingerprint density at radius 1 is 1.20 bits per heavy atom. The van der Waals surface area contributed by atoms with Gasteiger partial charge in [-0.3, -0.25) is 4.98 Å². The summed E-state index contributed by atoms with van der Waals surface area (Å²) in [6, 6.07) is 11.0. The molecule has 0 amide bonds. The fourth-order valence-corrected chi connectivity index (χ4v) is 2.85. The van der Waals surface area contributed by atoms with Gasteiger partial charge in [0.25, 0.3) is 0 Å². The number of nitrogens with zero attached hydrogens (tertiary/aromatic N) is 2. The van der Waals surface area contributed by atoms with E-state index >= 15 is 4.39 Å². The van der Waals surface area contributed by atoms with Crippen molar-refractivity contribution >= 4 is 21.7 Å². The van der Waals surface area contributed by atoms with Gasteiger partial charge in [0.1, 0.15) is 11.4 Å². The maximum atomic E-state index is 15.1. The topological polar surface area (TPSA) is 88.1 Å². The number of methoxy groups -OCH3 is 1. The van der Waals surface area contributed by atoms with Gasteiger partial charge >= 0.3 is 5.69 Å². The highest BCUT2D eigenvalue weighted by Crippen LogP contribution is 2.35. The fourth-order valence-electron chi connectivity index (χ4n) is 2.85. The maximum Gasteiger partial charge on any atom is 0.348 e. The summed E-state index contributed by atoms with van der Waals surface area (Å²) in [7, 11) is 1.53. The number of hydrogen-bond acceptors (Lipinski definition) is 5. The summed E-state index contributed by atoms with van der Waals surface area (Å²) in [5.74, 6) is -0.751. The SMILES string of the molecule is COc1cc(-c2ncc3c(O)nc(=O)[nH]c3c2F)c2ccccc2c1. The first kappa shape index (κ1) is 15.1. The number of pyridine rings is 1. The van der Waals surface area contributed by atoms with Crippen molar-refractivity contribution in [1.82, 2.24) is 15.0 Å². The summed E-state index contributed by atoms with van der Waals surface area (Å²) in [5.41, 5.74) is -0.415. The highest BCUT2D eigenvalue weighted by Gasteiger charge is 2.17. The third-order valence-corrected chi connectivity index (χ3v) is 4.03. The zero-order valence-electron chi connectivity index (χ0n) is 13.1. The van der Waals surface area contributed by atoms with Gasteiger partial charge in [0, 0.05) is 11.8 Å². The largest absolute Gasteiger partial charge is 0.497 e. The lowest BCUT2D eigenvalue weighted by Gasteiger charge is -2.11. The first-order valence-corrected chi connectivity index (χ1v) is 7.43. The molecule has 2 aromatic heterocycles. The van der Waals surface area contributed by atoms with Crippen molar-refractivity contribution in [1.29, 1.82) is 0 Å². The summed E-state index contributed by atoms with van der Waals surface area (Å²) in [4.78, 5) is 21.3. The van der Waals surface area contributed by atoms with Crippen molar-refractivity contribution in [2.24, 2.45) is 0 Å². The van der Waals surface area contributed by atoms with Gasteiger partial charge in [-0.2, -0.15) is 4.98 Å². The Morgan fingerprint density at radius 3 is 2.80 bits per heavy atom. The van der Waals surface area contributed by atoms with Crippen LogP contribution in [0.1, 0.15) is 0 Å². The summed E-state index contributed by atoms with van der Waals surface area (Å²) < 4.78 is 20.4. The van der Waals surface area contributed by atoms with E-state index in [9.17, 15) is 9.90 Å². The van der Waals surface area contributed by atoms with Crippen molar-refractivity contribution in [3.8, 4) is 22.9 Å². The average molecular weight is 337 g/mol. The van der Waals surface area contributed by atoms with E-state index in [2.05, 4.69) is 15.0 Å². The van der Waals surface area contributed by atoms with Crippen molar-refractivity contribution in [3.05, 3.63) is 58.9 Å². The molecule has 0 unspecified atom stereocenters. The first-order chi connectivity index (χ1) is 12.1. The lowest BCUT2D eigenvalue weighted by molar-refractivity contribution is 0.415. The van der Waals surface area contributed by atoms with Crippen LogP contribution in [0.2, 0.25) is 0 Å². The third kappa shape index (κ3) is 2.37. The van der Waals surface area contributed by atoms with Gasteiger partial charge in [-0.05, 0) is 22.9 Å². The lowest BCUT2D eigenvalue weighted by Crippen LogP contribution is -2.11. The second-order valence-corrected chi connectivity index (χ2v) is 5.47. The van der Waals surface area contributed by atoms with Crippen LogP contribution in [0.4, 0.5) is 4.39 Å².